The van der Waals surface area contributed by atoms with Crippen molar-refractivity contribution in [3.8, 4) is 0 Å². The van der Waals surface area contributed by atoms with Gasteiger partial charge in [0, 0.05) is 45.2 Å². The molecule has 2 rings (SSSR count). The first-order valence-electron chi connectivity index (χ1n) is 6.63. The Labute approximate surface area is 109 Å². The summed E-state index contributed by atoms with van der Waals surface area (Å²) in [4.78, 5) is 6.69. The van der Waals surface area contributed by atoms with Crippen molar-refractivity contribution in [2.45, 2.75) is 31.9 Å². The molecule has 1 fully saturated rings. The minimum Gasteiger partial charge on any atom is -0.381 e. The maximum Gasteiger partial charge on any atom is 0.0595 e. The number of ether oxygens (including phenoxy) is 1. The highest BCUT2D eigenvalue weighted by Gasteiger charge is 2.26. The quantitative estimate of drug-likeness (QED) is 0.878. The predicted octanol–water partition coefficient (Wildman–Crippen LogP) is 1.50. The van der Waals surface area contributed by atoms with Gasteiger partial charge in [-0.05, 0) is 37.0 Å². The summed E-state index contributed by atoms with van der Waals surface area (Å²) in [5, 5.41) is 0. The number of hydrogen-bond donors (Lipinski definition) is 1. The van der Waals surface area contributed by atoms with Gasteiger partial charge in [0.1, 0.15) is 0 Å². The fourth-order valence-corrected chi connectivity index (χ4v) is 2.72. The van der Waals surface area contributed by atoms with Crippen LogP contribution < -0.4 is 5.73 Å². The van der Waals surface area contributed by atoms with E-state index < -0.39 is 0 Å². The Balaban J connectivity index is 2.08. The molecule has 0 bridgehead atoms. The largest absolute Gasteiger partial charge is 0.381 e. The van der Waals surface area contributed by atoms with Crippen LogP contribution in [0.15, 0.2) is 18.5 Å². The van der Waals surface area contributed by atoms with E-state index in [9.17, 15) is 0 Å². The lowest BCUT2D eigenvalue weighted by molar-refractivity contribution is 0.0279. The number of hydrogen-bond acceptors (Lipinski definition) is 4. The summed E-state index contributed by atoms with van der Waals surface area (Å²) in [7, 11) is 1.80. The Morgan fingerprint density at radius 3 is 2.78 bits per heavy atom. The molecule has 18 heavy (non-hydrogen) atoms. The SMILES string of the molecule is COC1CCN(C(CN)c2cnccc2C)CC1. The average Bonchev–Trinajstić information content (AvgIpc) is 2.42. The van der Waals surface area contributed by atoms with Crippen molar-refractivity contribution in [1.29, 1.82) is 0 Å². The summed E-state index contributed by atoms with van der Waals surface area (Å²) in [6, 6.07) is 2.34. The van der Waals surface area contributed by atoms with Gasteiger partial charge in [-0.2, -0.15) is 0 Å². The van der Waals surface area contributed by atoms with Crippen molar-refractivity contribution in [3.05, 3.63) is 29.6 Å². The normalized spacial score (nSPS) is 19.9. The van der Waals surface area contributed by atoms with E-state index in [0.29, 0.717) is 12.6 Å². The van der Waals surface area contributed by atoms with Crippen LogP contribution in [0.3, 0.4) is 0 Å². The molecule has 1 aliphatic rings. The van der Waals surface area contributed by atoms with Crippen LogP contribution in [-0.4, -0.2) is 42.7 Å². The summed E-state index contributed by atoms with van der Waals surface area (Å²) < 4.78 is 5.41. The molecule has 0 amide bonds. The van der Waals surface area contributed by atoms with Gasteiger partial charge in [-0.15, -0.1) is 0 Å². The molecule has 4 heteroatoms. The molecule has 0 spiro atoms. The average molecular weight is 249 g/mol. The van der Waals surface area contributed by atoms with Crippen LogP contribution in [0.2, 0.25) is 0 Å². The fraction of sp³-hybridized carbons (Fsp3) is 0.643. The molecule has 1 aliphatic heterocycles. The predicted molar refractivity (Wildman–Crippen MR) is 72.4 cm³/mol. The Hall–Kier alpha value is -0.970. The standard InChI is InChI=1S/C14H23N3O/c1-11-3-6-16-10-13(11)14(9-15)17-7-4-12(18-2)5-8-17/h3,6,10,12,14H,4-5,7-9,15H2,1-2H3. The number of likely N-dealkylation sites (tertiary alicyclic amines) is 1. The van der Waals surface area contributed by atoms with Crippen molar-refractivity contribution < 1.29 is 4.74 Å². The lowest BCUT2D eigenvalue weighted by Gasteiger charge is -2.37. The van der Waals surface area contributed by atoms with Crippen molar-refractivity contribution in [2.24, 2.45) is 5.73 Å². The lowest BCUT2D eigenvalue weighted by atomic mass is 9.99. The van der Waals surface area contributed by atoms with Crippen molar-refractivity contribution >= 4 is 0 Å². The molecule has 1 atom stereocenters. The molecule has 0 aliphatic carbocycles. The first-order chi connectivity index (χ1) is 8.76. The first kappa shape index (κ1) is 13.5. The zero-order chi connectivity index (χ0) is 13.0. The van der Waals surface area contributed by atoms with Gasteiger partial charge in [0.2, 0.25) is 0 Å². The van der Waals surface area contributed by atoms with Crippen molar-refractivity contribution in [2.75, 3.05) is 26.7 Å². The Morgan fingerprint density at radius 1 is 1.50 bits per heavy atom. The summed E-state index contributed by atoms with van der Waals surface area (Å²) in [5.74, 6) is 0. The Kier molecular flexibility index (Phi) is 4.69. The van der Waals surface area contributed by atoms with Crippen LogP contribution >= 0.6 is 0 Å². The van der Waals surface area contributed by atoms with Gasteiger partial charge in [0.05, 0.1) is 6.10 Å². The molecule has 0 radical (unpaired) electrons. The van der Waals surface area contributed by atoms with Crippen LogP contribution in [0.25, 0.3) is 0 Å². The number of piperidine rings is 1. The minimum absolute atomic E-state index is 0.288. The zero-order valence-corrected chi connectivity index (χ0v) is 11.3. The third-order valence-corrected chi connectivity index (χ3v) is 3.91. The highest BCUT2D eigenvalue weighted by molar-refractivity contribution is 5.25. The fourth-order valence-electron chi connectivity index (χ4n) is 2.72. The van der Waals surface area contributed by atoms with E-state index in [0.717, 1.165) is 25.9 Å². The van der Waals surface area contributed by atoms with Crippen molar-refractivity contribution in [3.63, 3.8) is 0 Å². The van der Waals surface area contributed by atoms with E-state index in [4.69, 9.17) is 10.5 Å². The molecule has 2 heterocycles. The number of pyridine rings is 1. The van der Waals surface area contributed by atoms with Crippen LogP contribution in [0.4, 0.5) is 0 Å². The molecule has 1 aromatic rings. The highest BCUT2D eigenvalue weighted by Crippen LogP contribution is 2.26. The smallest absolute Gasteiger partial charge is 0.0595 e. The number of rotatable bonds is 4. The Bertz CT molecular complexity index is 375. The van der Waals surface area contributed by atoms with Gasteiger partial charge in [-0.3, -0.25) is 9.88 Å². The number of methoxy groups -OCH3 is 1. The molecule has 100 valence electrons. The van der Waals surface area contributed by atoms with Gasteiger partial charge in [0.25, 0.3) is 0 Å². The molecule has 0 saturated carbocycles. The van der Waals surface area contributed by atoms with E-state index in [-0.39, 0.29) is 6.04 Å². The first-order valence-corrected chi connectivity index (χ1v) is 6.63. The topological polar surface area (TPSA) is 51.4 Å². The van der Waals surface area contributed by atoms with Gasteiger partial charge in [-0.25, -0.2) is 0 Å². The van der Waals surface area contributed by atoms with Crippen LogP contribution in [0.1, 0.15) is 30.0 Å². The molecule has 1 saturated heterocycles. The number of nitrogens with two attached hydrogens (primary N) is 1. The highest BCUT2D eigenvalue weighted by atomic mass is 16.5. The summed E-state index contributed by atoms with van der Waals surface area (Å²) in [5.41, 5.74) is 8.50. The van der Waals surface area contributed by atoms with Gasteiger partial charge in [-0.1, -0.05) is 0 Å². The molecule has 2 N–H and O–H groups in total. The summed E-state index contributed by atoms with van der Waals surface area (Å²) in [6.07, 6.45) is 6.38. The molecule has 1 unspecified atom stereocenters. The lowest BCUT2D eigenvalue weighted by Crippen LogP contribution is -2.41. The number of nitrogens with zero attached hydrogens (tertiary/aromatic N) is 2. The summed E-state index contributed by atoms with van der Waals surface area (Å²) in [6.45, 7) is 4.87. The minimum atomic E-state index is 0.288. The second-order valence-corrected chi connectivity index (χ2v) is 4.95. The van der Waals surface area contributed by atoms with E-state index >= 15 is 0 Å². The third kappa shape index (κ3) is 2.88. The van der Waals surface area contributed by atoms with Crippen LogP contribution in [0, 0.1) is 6.92 Å². The maximum absolute atomic E-state index is 5.97. The van der Waals surface area contributed by atoms with E-state index in [1.165, 1.54) is 11.1 Å². The maximum atomic E-state index is 5.97. The Morgan fingerprint density at radius 2 is 2.22 bits per heavy atom. The molecule has 1 aromatic heterocycles. The van der Waals surface area contributed by atoms with Gasteiger partial charge < -0.3 is 10.5 Å². The third-order valence-electron chi connectivity index (χ3n) is 3.91. The number of aryl methyl sites for hydroxylation is 1. The van der Waals surface area contributed by atoms with E-state index in [1.807, 2.05) is 12.4 Å². The molecular weight excluding hydrogens is 226 g/mol. The summed E-state index contributed by atoms with van der Waals surface area (Å²) >= 11 is 0. The van der Waals surface area contributed by atoms with E-state index in [1.54, 1.807) is 7.11 Å². The molecule has 4 nitrogen and oxygen atoms in total. The van der Waals surface area contributed by atoms with Crippen LogP contribution in [0.5, 0.6) is 0 Å². The monoisotopic (exact) mass is 249 g/mol. The molecular formula is C14H23N3O. The number of aromatic nitrogens is 1. The van der Waals surface area contributed by atoms with Gasteiger partial charge in [0.15, 0.2) is 0 Å². The van der Waals surface area contributed by atoms with Crippen molar-refractivity contribution in [1.82, 2.24) is 9.88 Å². The zero-order valence-electron chi connectivity index (χ0n) is 11.3. The van der Waals surface area contributed by atoms with E-state index in [2.05, 4.69) is 22.9 Å². The second-order valence-electron chi connectivity index (χ2n) is 4.95. The van der Waals surface area contributed by atoms with Gasteiger partial charge >= 0.3 is 0 Å². The molecule has 0 aromatic carbocycles. The van der Waals surface area contributed by atoms with Crippen LogP contribution in [-0.2, 0) is 4.74 Å². The second kappa shape index (κ2) is 6.27.